The summed E-state index contributed by atoms with van der Waals surface area (Å²) < 4.78 is 5.14. The monoisotopic (exact) mass is 347 g/mol. The van der Waals surface area contributed by atoms with Crippen LogP contribution in [0.4, 0.5) is 5.69 Å². The molecule has 2 heterocycles. The van der Waals surface area contributed by atoms with Gasteiger partial charge in [-0.2, -0.15) is 10.1 Å². The summed E-state index contributed by atoms with van der Waals surface area (Å²) in [6.07, 6.45) is 1.50. The average Bonchev–Trinajstić information content (AvgIpc) is 3.00. The fraction of sp³-hybridized carbons (Fsp3) is 0.0833. The molecule has 110 valence electrons. The fourth-order valence-electron chi connectivity index (χ4n) is 1.46. The molecule has 4 N–H and O–H groups in total. The third-order valence-electron chi connectivity index (χ3n) is 2.55. The van der Waals surface area contributed by atoms with Gasteiger partial charge in [0.05, 0.1) is 12.0 Å². The van der Waals surface area contributed by atoms with E-state index in [1.807, 2.05) is 0 Å². The van der Waals surface area contributed by atoms with Gasteiger partial charge in [-0.05, 0) is 30.7 Å². The van der Waals surface area contributed by atoms with Crippen LogP contribution in [-0.2, 0) is 0 Å². The highest BCUT2D eigenvalue weighted by Gasteiger charge is 2.26. The molecule has 2 rings (SSSR count). The standard InChI is InChI=1S/C12H9Cl3N4O2/c1-5(6-3-2-4-21-6)18-19-12(20)10-7(13)9(16)8(14)11(15)17-10/h2-4H,1H3,(H2,16,17)(H,19,20)/p+1/b18-5+. The van der Waals surface area contributed by atoms with Crippen LogP contribution in [0.5, 0.6) is 0 Å². The van der Waals surface area contributed by atoms with E-state index >= 15 is 0 Å². The van der Waals surface area contributed by atoms with Gasteiger partial charge < -0.3 is 10.2 Å². The van der Waals surface area contributed by atoms with Gasteiger partial charge >= 0.3 is 5.91 Å². The molecule has 0 fully saturated rings. The number of nitrogen functional groups attached to an aromatic ring is 1. The Morgan fingerprint density at radius 1 is 1.38 bits per heavy atom. The highest BCUT2D eigenvalue weighted by Crippen LogP contribution is 2.31. The SMILES string of the molecule is C/C(=N\NC(=O)c1[nH+]c(Cl)c(Cl)c(N)c1Cl)c1ccco1. The first kappa shape index (κ1) is 15.6. The number of hydrazone groups is 1. The number of anilines is 1. The van der Waals surface area contributed by atoms with Gasteiger partial charge in [0, 0.05) is 0 Å². The fourth-order valence-corrected chi connectivity index (χ4v) is 2.07. The van der Waals surface area contributed by atoms with Crippen molar-refractivity contribution < 1.29 is 14.2 Å². The Hall–Kier alpha value is -1.76. The van der Waals surface area contributed by atoms with Crippen molar-refractivity contribution in [2.45, 2.75) is 6.92 Å². The molecule has 0 spiro atoms. The molecular formula is C12H10Cl3N4O2+. The molecule has 0 saturated heterocycles. The van der Waals surface area contributed by atoms with Crippen LogP contribution in [0.2, 0.25) is 15.2 Å². The zero-order valence-electron chi connectivity index (χ0n) is 10.7. The Labute approximate surface area is 134 Å². The Morgan fingerprint density at radius 3 is 2.71 bits per heavy atom. The molecule has 0 aliphatic rings. The molecule has 0 atom stereocenters. The van der Waals surface area contributed by atoms with Crippen LogP contribution in [-0.4, -0.2) is 11.6 Å². The maximum atomic E-state index is 12.0. The lowest BCUT2D eigenvalue weighted by molar-refractivity contribution is -0.379. The molecule has 2 aromatic heterocycles. The predicted octanol–water partition coefficient (Wildman–Crippen LogP) is 2.79. The zero-order valence-corrected chi connectivity index (χ0v) is 13.0. The van der Waals surface area contributed by atoms with Crippen molar-refractivity contribution in [3.8, 4) is 0 Å². The number of halogens is 3. The number of hydrogen-bond acceptors (Lipinski definition) is 4. The van der Waals surface area contributed by atoms with Crippen LogP contribution in [0, 0.1) is 0 Å². The van der Waals surface area contributed by atoms with E-state index in [4.69, 9.17) is 45.0 Å². The second-order valence-corrected chi connectivity index (χ2v) is 5.10. The van der Waals surface area contributed by atoms with Gasteiger partial charge in [-0.15, -0.1) is 0 Å². The number of nitrogens with zero attached hydrogens (tertiary/aromatic N) is 1. The van der Waals surface area contributed by atoms with Crippen molar-refractivity contribution in [1.29, 1.82) is 0 Å². The summed E-state index contributed by atoms with van der Waals surface area (Å²) in [5, 5.41) is 3.92. The molecule has 0 aliphatic carbocycles. The lowest BCUT2D eigenvalue weighted by atomic mass is 10.3. The van der Waals surface area contributed by atoms with Crippen LogP contribution in [0.3, 0.4) is 0 Å². The van der Waals surface area contributed by atoms with Gasteiger partial charge in [0.1, 0.15) is 21.5 Å². The van der Waals surface area contributed by atoms with Crippen molar-refractivity contribution in [1.82, 2.24) is 5.43 Å². The van der Waals surface area contributed by atoms with E-state index in [2.05, 4.69) is 15.5 Å². The third-order valence-corrected chi connectivity index (χ3v) is 3.72. The molecule has 0 aromatic carbocycles. The number of amides is 1. The number of rotatable bonds is 3. The molecule has 0 radical (unpaired) electrons. The van der Waals surface area contributed by atoms with Gasteiger partial charge in [0.15, 0.2) is 0 Å². The van der Waals surface area contributed by atoms with Crippen molar-refractivity contribution in [2.75, 3.05) is 5.73 Å². The minimum absolute atomic E-state index is 0.00968. The molecule has 6 nitrogen and oxygen atoms in total. The number of H-pyrrole nitrogens is 1. The highest BCUT2D eigenvalue weighted by atomic mass is 35.5. The minimum Gasteiger partial charge on any atom is -0.463 e. The maximum absolute atomic E-state index is 12.0. The lowest BCUT2D eigenvalue weighted by Gasteiger charge is -2.03. The van der Waals surface area contributed by atoms with Gasteiger partial charge in [0.2, 0.25) is 0 Å². The van der Waals surface area contributed by atoms with Gasteiger partial charge in [-0.3, -0.25) is 4.79 Å². The second kappa shape index (κ2) is 6.34. The van der Waals surface area contributed by atoms with Gasteiger partial charge in [-0.1, -0.05) is 23.2 Å². The van der Waals surface area contributed by atoms with E-state index in [0.717, 1.165) is 0 Å². The number of carbonyl (C=O) groups excluding carboxylic acids is 1. The van der Waals surface area contributed by atoms with Gasteiger partial charge in [0.25, 0.3) is 10.8 Å². The number of furan rings is 1. The quantitative estimate of drug-likeness (QED) is 0.507. The molecule has 0 bridgehead atoms. The number of carbonyl (C=O) groups is 1. The molecule has 21 heavy (non-hydrogen) atoms. The van der Waals surface area contributed by atoms with Crippen LogP contribution in [0.25, 0.3) is 0 Å². The van der Waals surface area contributed by atoms with Crippen LogP contribution >= 0.6 is 34.8 Å². The number of aromatic nitrogens is 1. The first-order valence-electron chi connectivity index (χ1n) is 5.65. The number of nitrogens with one attached hydrogen (secondary N) is 2. The normalized spacial score (nSPS) is 11.5. The van der Waals surface area contributed by atoms with E-state index in [1.165, 1.54) is 6.26 Å². The molecule has 0 aliphatic heterocycles. The summed E-state index contributed by atoms with van der Waals surface area (Å²) in [4.78, 5) is 14.6. The summed E-state index contributed by atoms with van der Waals surface area (Å²) in [6, 6.07) is 3.42. The van der Waals surface area contributed by atoms with Crippen LogP contribution in [0.15, 0.2) is 27.9 Å². The summed E-state index contributed by atoms with van der Waals surface area (Å²) in [5.41, 5.74) is 8.43. The molecule has 2 aromatic rings. The predicted molar refractivity (Wildman–Crippen MR) is 80.8 cm³/mol. The second-order valence-electron chi connectivity index (χ2n) is 3.97. The summed E-state index contributed by atoms with van der Waals surface area (Å²) in [6.45, 7) is 1.67. The summed E-state index contributed by atoms with van der Waals surface area (Å²) in [5.74, 6) is -0.0878. The Balaban J connectivity index is 2.24. The Kier molecular flexibility index (Phi) is 4.72. The smallest absolute Gasteiger partial charge is 0.337 e. The first-order chi connectivity index (χ1) is 9.91. The van der Waals surface area contributed by atoms with E-state index in [9.17, 15) is 4.79 Å². The largest absolute Gasteiger partial charge is 0.463 e. The van der Waals surface area contributed by atoms with Gasteiger partial charge in [-0.25, -0.2) is 5.43 Å². The molecule has 0 unspecified atom stereocenters. The van der Waals surface area contributed by atoms with Crippen molar-refractivity contribution in [2.24, 2.45) is 5.10 Å². The number of aromatic amines is 1. The zero-order chi connectivity index (χ0) is 15.6. The Bertz CT molecular complexity index is 714. The lowest BCUT2D eigenvalue weighted by Crippen LogP contribution is -2.28. The van der Waals surface area contributed by atoms with E-state index < -0.39 is 5.91 Å². The van der Waals surface area contributed by atoms with E-state index in [1.54, 1.807) is 19.1 Å². The summed E-state index contributed by atoms with van der Waals surface area (Å²) >= 11 is 17.6. The molecular weight excluding hydrogens is 339 g/mol. The number of pyridine rings is 1. The number of hydrogen-bond donors (Lipinski definition) is 2. The van der Waals surface area contributed by atoms with Crippen molar-refractivity contribution >= 4 is 52.1 Å². The van der Waals surface area contributed by atoms with E-state index in [0.29, 0.717) is 11.5 Å². The number of nitrogens with two attached hydrogens (primary N) is 1. The van der Waals surface area contributed by atoms with Crippen molar-refractivity contribution in [3.63, 3.8) is 0 Å². The first-order valence-corrected chi connectivity index (χ1v) is 6.79. The molecule has 9 heteroatoms. The van der Waals surface area contributed by atoms with E-state index in [-0.39, 0.29) is 26.6 Å². The maximum Gasteiger partial charge on any atom is 0.337 e. The third kappa shape index (κ3) is 3.29. The Morgan fingerprint density at radius 2 is 2.10 bits per heavy atom. The van der Waals surface area contributed by atoms with Crippen LogP contribution in [0.1, 0.15) is 23.2 Å². The summed E-state index contributed by atoms with van der Waals surface area (Å²) in [7, 11) is 0. The minimum atomic E-state index is -0.615. The van der Waals surface area contributed by atoms with Crippen molar-refractivity contribution in [3.05, 3.63) is 45.0 Å². The highest BCUT2D eigenvalue weighted by molar-refractivity contribution is 6.45. The molecule has 0 saturated carbocycles. The van der Waals surface area contributed by atoms with Crippen LogP contribution < -0.4 is 16.1 Å². The topological polar surface area (TPSA) is 94.8 Å². The average molecular weight is 349 g/mol. The molecule has 1 amide bonds.